The molecule has 12 rings (SSSR count). The lowest BCUT2D eigenvalue weighted by atomic mass is 9.97. The molecule has 54 heteroatoms. The molecule has 1 fully saturated rings. The van der Waals surface area contributed by atoms with Gasteiger partial charge in [0.05, 0.1) is 78.7 Å². The van der Waals surface area contributed by atoms with Gasteiger partial charge in [0.2, 0.25) is 41.1 Å². The lowest BCUT2D eigenvalue weighted by Crippen LogP contribution is -2.63. The van der Waals surface area contributed by atoms with Crippen molar-refractivity contribution in [3.05, 3.63) is 223 Å². The molecule has 142 heavy (non-hydrogen) atoms. The number of phenolic OH excluding ortho intramolecular Hbond substituents is 25. The van der Waals surface area contributed by atoms with E-state index in [1.165, 1.54) is 0 Å². The van der Waals surface area contributed by atoms with E-state index < -0.39 is 330 Å². The molecule has 0 radical (unpaired) electrons. The monoisotopic (exact) mass is 2000 g/mol. The fourth-order valence-corrected chi connectivity index (χ4v) is 13.0. The van der Waals surface area contributed by atoms with Crippen molar-refractivity contribution in [1.29, 1.82) is 0 Å². The Morgan fingerprint density at radius 2 is 0.592 bits per heavy atom. The van der Waals surface area contributed by atoms with Crippen molar-refractivity contribution in [2.24, 2.45) is 0 Å². The standard InChI is InChI=1S/C76H52O46.C12H20N4O3S/c77-32-1-22(2-33(78)53(32)92)67(103)113-47-16-27(11-42(87)58(47)97)66(102)112-21-52-63(119-72(108)28-12-43(88)59(98)48(17-28)114-68(104)23-3-34(79)54(93)35(80)4-23)64(120-73(109)29-13-44(89)60(99)49(18-29)115-69(105)24-5-36(81)55(94)37(82)6-24)65(121-74(110)30-14-45(90)61(100)50(19-30)116-70(106)25-7-38(83)56(95)39(84)8-25)76(118-52)122-75(111)31-15-46(91)62(101)51(20-31)117-71(107)26-9-40(85)57(96)41(86)10-26;1-13-12(7-16(17)18)14-9-20-8-11-5-4-10(19-11)6-15(2)3/h1-20,52,63-65,76-101H,21H2;4-5,7,13-14H,6,8-9H2,1-3H3/b;12-7+/t52-,63-,64+,65-,76+;/m1./s1. The van der Waals surface area contributed by atoms with E-state index in [-0.39, 0.29) is 0 Å². The van der Waals surface area contributed by atoms with Crippen molar-refractivity contribution in [2.75, 3.05) is 33.6 Å². The zero-order valence-corrected chi connectivity index (χ0v) is 72.6. The number of hydrogen-bond acceptors (Lipinski definition) is 53. The number of nitrogens with zero attached hydrogens (tertiary/aromatic N) is 2. The number of aromatic hydroxyl groups is 25. The molecule has 1 aromatic heterocycles. The van der Waals surface area contributed by atoms with Crippen LogP contribution in [-0.4, -0.2) is 262 Å². The molecule has 0 saturated carbocycles. The Morgan fingerprint density at radius 1 is 0.345 bits per heavy atom. The van der Waals surface area contributed by atoms with Crippen molar-refractivity contribution in [3.8, 4) is 172 Å². The lowest BCUT2D eigenvalue weighted by molar-refractivity contribution is -0.404. The second-order valence-corrected chi connectivity index (χ2v) is 30.5. The molecule has 0 aliphatic carbocycles. The molecular formula is C88H72N4O49S. The van der Waals surface area contributed by atoms with Crippen LogP contribution in [0.1, 0.15) is 115 Å². The SMILES string of the molecule is CN/C(=C\[N+](=O)[O-])NCSCc1ccc(CN(C)C)o1.O=C(OC[C@H]1O[C@@H](OC(=O)c2cc(O)c(O)c(OC(=O)c3cc(O)c(O)c(O)c3)c2)[C@H](OC(=O)c2cc(O)c(O)c(OC(=O)c3cc(O)c(O)c(O)c3)c2)[C@@H](OC(=O)c2cc(O)c(O)c(OC(=O)c3cc(O)c(O)c(O)c3)c2)[C@@H]1OC(=O)c1cc(O)c(O)c(OC(=O)c2cc(O)c(O)c(O)c2)c1)c1cc(O)c(O)c(OC(=O)c2cc(O)c(O)c(O)c2)c1. The number of carbonyl (C=O) groups excluding carboxylic acids is 10. The number of furan rings is 1. The van der Waals surface area contributed by atoms with Crippen LogP contribution in [0.3, 0.4) is 0 Å². The summed E-state index contributed by atoms with van der Waals surface area (Å²) < 4.78 is 66.1. The average molecular weight is 2000 g/mol. The number of esters is 10. The Kier molecular flexibility index (Phi) is 31.0. The van der Waals surface area contributed by atoms with E-state index in [0.29, 0.717) is 133 Å². The first-order valence-electron chi connectivity index (χ1n) is 39.3. The molecule has 744 valence electrons. The zero-order valence-electron chi connectivity index (χ0n) is 71.8. The minimum Gasteiger partial charge on any atom is -0.504 e. The molecule has 0 spiro atoms. The minimum atomic E-state index is -3.12. The number of carbonyl (C=O) groups is 10. The second kappa shape index (κ2) is 42.8. The molecule has 0 amide bonds. The highest BCUT2D eigenvalue weighted by Crippen LogP contribution is 2.48. The van der Waals surface area contributed by atoms with E-state index in [1.807, 2.05) is 31.1 Å². The largest absolute Gasteiger partial charge is 0.504 e. The van der Waals surface area contributed by atoms with Crippen LogP contribution in [0.2, 0.25) is 0 Å². The summed E-state index contributed by atoms with van der Waals surface area (Å²) in [5.74, 6) is -52.5. The third-order valence-electron chi connectivity index (χ3n) is 19.2. The van der Waals surface area contributed by atoms with Crippen LogP contribution in [0.5, 0.6) is 172 Å². The molecule has 1 aliphatic rings. The molecule has 0 unspecified atom stereocenters. The molecule has 1 saturated heterocycles. The Balaban J connectivity index is 0.000000857. The highest BCUT2D eigenvalue weighted by Gasteiger charge is 2.55. The van der Waals surface area contributed by atoms with Gasteiger partial charge in [0.1, 0.15) is 24.2 Å². The van der Waals surface area contributed by atoms with Crippen LogP contribution in [-0.2, 0) is 40.7 Å². The Bertz CT molecular complexity index is 6830. The minimum absolute atomic E-state index is 0.295. The normalized spacial score (nSPS) is 14.2. The van der Waals surface area contributed by atoms with Gasteiger partial charge in [-0.25, -0.2) is 47.9 Å². The van der Waals surface area contributed by atoms with Crippen molar-refractivity contribution in [1.82, 2.24) is 15.5 Å². The van der Waals surface area contributed by atoms with Gasteiger partial charge in [-0.2, -0.15) is 0 Å². The quantitative estimate of drug-likeness (QED) is 0.00345. The van der Waals surface area contributed by atoms with Crippen molar-refractivity contribution in [2.45, 2.75) is 43.0 Å². The van der Waals surface area contributed by atoms with E-state index in [4.69, 9.17) is 56.5 Å². The summed E-state index contributed by atoms with van der Waals surface area (Å²) >= 11 is 1.59. The van der Waals surface area contributed by atoms with Gasteiger partial charge in [-0.3, -0.25) is 10.1 Å². The third kappa shape index (κ3) is 23.9. The van der Waals surface area contributed by atoms with Gasteiger partial charge in [0.25, 0.3) is 6.20 Å². The highest BCUT2D eigenvalue weighted by atomic mass is 32.2. The first-order chi connectivity index (χ1) is 66.9. The maximum Gasteiger partial charge on any atom is 0.343 e. The molecule has 5 atom stereocenters. The zero-order chi connectivity index (χ0) is 104. The average Bonchev–Trinajstić information content (AvgIpc) is 0.779. The van der Waals surface area contributed by atoms with Gasteiger partial charge >= 0.3 is 59.7 Å². The van der Waals surface area contributed by atoms with Crippen molar-refractivity contribution >= 4 is 71.5 Å². The van der Waals surface area contributed by atoms with Gasteiger partial charge < -0.3 is 200 Å². The van der Waals surface area contributed by atoms with E-state index in [1.54, 1.807) is 18.8 Å². The van der Waals surface area contributed by atoms with Crippen LogP contribution in [0, 0.1) is 10.1 Å². The van der Waals surface area contributed by atoms with Crippen LogP contribution in [0.25, 0.3) is 0 Å². The van der Waals surface area contributed by atoms with E-state index in [2.05, 4.69) is 10.6 Å². The van der Waals surface area contributed by atoms with Gasteiger partial charge in [0.15, 0.2) is 162 Å². The molecule has 27 N–H and O–H groups in total. The first kappa shape index (κ1) is 103. The van der Waals surface area contributed by atoms with Crippen LogP contribution in [0.4, 0.5) is 0 Å². The predicted molar refractivity (Wildman–Crippen MR) is 462 cm³/mol. The Hall–Kier alpha value is -19.8. The topological polar surface area (TPSA) is 862 Å². The number of benzene rings is 10. The summed E-state index contributed by atoms with van der Waals surface area (Å²) in [7, 11) is 5.61. The third-order valence-corrected chi connectivity index (χ3v) is 20.1. The molecular weight excluding hydrogens is 1930 g/mol. The highest BCUT2D eigenvalue weighted by molar-refractivity contribution is 7.98. The maximum absolute atomic E-state index is 15.3. The number of hydrogen-bond donors (Lipinski definition) is 27. The van der Waals surface area contributed by atoms with Gasteiger partial charge in [-0.05, 0) is 148 Å². The van der Waals surface area contributed by atoms with Gasteiger partial charge in [-0.1, -0.05) is 0 Å². The summed E-state index contributed by atoms with van der Waals surface area (Å²) in [6.45, 7) is -0.932. The number of rotatable bonds is 30. The molecule has 2 heterocycles. The second-order valence-electron chi connectivity index (χ2n) is 29.5. The van der Waals surface area contributed by atoms with E-state index in [0.717, 1.165) is 30.0 Å². The summed E-state index contributed by atoms with van der Waals surface area (Å²) in [6, 6.07) is 12.5. The summed E-state index contributed by atoms with van der Waals surface area (Å²) in [5, 5.41) is 277. The fraction of sp³-hybridized carbons (Fsp3) is 0.136. The van der Waals surface area contributed by atoms with E-state index >= 15 is 14.4 Å². The predicted octanol–water partition coefficient (Wildman–Crippen LogP) is 6.25. The van der Waals surface area contributed by atoms with Crippen molar-refractivity contribution < 1.29 is 237 Å². The van der Waals surface area contributed by atoms with E-state index in [9.17, 15) is 171 Å². The van der Waals surface area contributed by atoms with Gasteiger partial charge in [-0.15, -0.1) is 11.8 Å². The fourth-order valence-electron chi connectivity index (χ4n) is 12.3. The number of ether oxygens (including phenoxy) is 11. The maximum atomic E-state index is 15.3. The molecule has 11 aromatic rings. The molecule has 10 aromatic carbocycles. The summed E-state index contributed by atoms with van der Waals surface area (Å²) in [6.07, 6.45) is -14.1. The van der Waals surface area contributed by atoms with Gasteiger partial charge in [0, 0.05) is 7.05 Å². The first-order valence-corrected chi connectivity index (χ1v) is 40.4. The molecule has 1 aliphatic heterocycles. The molecule has 53 nitrogen and oxygen atoms in total. The number of phenols is 25. The smallest absolute Gasteiger partial charge is 0.343 e. The summed E-state index contributed by atoms with van der Waals surface area (Å²) in [5.41, 5.74) is -9.89. The van der Waals surface area contributed by atoms with Crippen LogP contribution < -0.4 is 34.3 Å². The number of thioether (sulfide) groups is 1. The lowest BCUT2D eigenvalue weighted by Gasteiger charge is -2.43. The Labute approximate surface area is 792 Å². The molecule has 0 bridgehead atoms. The summed E-state index contributed by atoms with van der Waals surface area (Å²) in [4.78, 5) is 154. The number of nitrogens with one attached hydrogen (secondary N) is 2. The van der Waals surface area contributed by atoms with Crippen LogP contribution >= 0.6 is 11.8 Å². The Morgan fingerprint density at radius 3 is 0.866 bits per heavy atom. The number of nitro groups is 1. The van der Waals surface area contributed by atoms with Crippen LogP contribution in [0.15, 0.2) is 150 Å². The van der Waals surface area contributed by atoms with Crippen molar-refractivity contribution in [3.63, 3.8) is 0 Å².